The van der Waals surface area contributed by atoms with Crippen LogP contribution in [0.5, 0.6) is 5.75 Å². The zero-order valence-corrected chi connectivity index (χ0v) is 23.1. The number of hydrogen-bond donors (Lipinski definition) is 0. The van der Waals surface area contributed by atoms with Gasteiger partial charge in [-0.1, -0.05) is 126 Å². The number of ether oxygens (including phenoxy) is 2. The molecular formula is C34H48O3. The van der Waals surface area contributed by atoms with Crippen molar-refractivity contribution in [2.24, 2.45) is 0 Å². The maximum absolute atomic E-state index is 11.1. The van der Waals surface area contributed by atoms with E-state index in [4.69, 9.17) is 4.74 Å². The summed E-state index contributed by atoms with van der Waals surface area (Å²) in [6.45, 7) is 0.805. The van der Waals surface area contributed by atoms with Crippen molar-refractivity contribution in [2.45, 2.75) is 109 Å². The first kappa shape index (κ1) is 29.0. The fourth-order valence-corrected chi connectivity index (χ4v) is 5.19. The van der Waals surface area contributed by atoms with E-state index in [0.717, 1.165) is 31.6 Å². The van der Waals surface area contributed by atoms with Gasteiger partial charge in [0, 0.05) is 11.8 Å². The third kappa shape index (κ3) is 11.2. The van der Waals surface area contributed by atoms with E-state index in [2.05, 4.69) is 59.3 Å². The number of methoxy groups -OCH3 is 1. The molecule has 0 saturated heterocycles. The van der Waals surface area contributed by atoms with Crippen molar-refractivity contribution >= 4 is 27.5 Å². The Labute approximate surface area is 224 Å². The highest BCUT2D eigenvalue weighted by atomic mass is 16.5. The van der Waals surface area contributed by atoms with Gasteiger partial charge in [-0.25, -0.2) is 0 Å². The average Bonchev–Trinajstić information content (AvgIpc) is 2.93. The summed E-state index contributed by atoms with van der Waals surface area (Å²) in [6.07, 6.45) is 21.4. The van der Waals surface area contributed by atoms with Crippen molar-refractivity contribution in [3.63, 3.8) is 0 Å². The fraction of sp³-hybridized carbons (Fsp3) is 0.559. The lowest BCUT2D eigenvalue weighted by Crippen LogP contribution is -1.99. The Morgan fingerprint density at radius 2 is 1.05 bits per heavy atom. The summed E-state index contributed by atoms with van der Waals surface area (Å²) in [7, 11) is 1.47. The Bertz CT molecular complexity index is 1040. The molecule has 0 N–H and O–H groups in total. The van der Waals surface area contributed by atoms with Gasteiger partial charge in [-0.2, -0.15) is 0 Å². The van der Waals surface area contributed by atoms with Crippen molar-refractivity contribution in [3.05, 3.63) is 54.6 Å². The molecular weight excluding hydrogens is 456 g/mol. The molecule has 0 bridgehead atoms. The van der Waals surface area contributed by atoms with Gasteiger partial charge in [-0.15, -0.1) is 0 Å². The van der Waals surface area contributed by atoms with Crippen LogP contribution in [0.15, 0.2) is 54.6 Å². The van der Waals surface area contributed by atoms with E-state index < -0.39 is 0 Å². The molecule has 0 atom stereocenters. The molecule has 0 aliphatic heterocycles. The summed E-state index contributed by atoms with van der Waals surface area (Å²) in [6, 6.07) is 19.4. The highest BCUT2D eigenvalue weighted by molar-refractivity contribution is 6.00. The zero-order chi connectivity index (χ0) is 26.0. The second kappa shape index (κ2) is 17.8. The van der Waals surface area contributed by atoms with Crippen LogP contribution in [-0.4, -0.2) is 19.7 Å². The Hall–Kier alpha value is -2.55. The standard InChI is InChI=1S/C34H48O3/c1-36-34(35)25-16-14-12-10-8-6-4-2-3-5-7-9-11-13-15-19-26-37-33-24-20-23-31-27-29-21-17-18-22-30(29)28-32(31)33/h17-18,20-24,27-28H,2-16,19,25-26H2,1H3. The molecule has 3 nitrogen and oxygen atoms in total. The summed E-state index contributed by atoms with van der Waals surface area (Å²) in [4.78, 5) is 11.1. The first-order chi connectivity index (χ1) is 18.3. The lowest BCUT2D eigenvalue weighted by molar-refractivity contribution is -0.140. The Morgan fingerprint density at radius 1 is 0.568 bits per heavy atom. The van der Waals surface area contributed by atoms with Crippen molar-refractivity contribution in [1.29, 1.82) is 0 Å². The van der Waals surface area contributed by atoms with Crippen LogP contribution in [0.25, 0.3) is 21.5 Å². The number of benzene rings is 3. The summed E-state index contributed by atoms with van der Waals surface area (Å²) in [5.41, 5.74) is 0. The largest absolute Gasteiger partial charge is 0.493 e. The smallest absolute Gasteiger partial charge is 0.305 e. The quantitative estimate of drug-likeness (QED) is 0.0872. The SMILES string of the molecule is COC(=O)CCCCCCCCCCCCCCCCCCOc1cccc2cc3ccccc3cc12. The maximum atomic E-state index is 11.1. The highest BCUT2D eigenvalue weighted by Crippen LogP contribution is 2.30. The van der Waals surface area contributed by atoms with Gasteiger partial charge in [-0.3, -0.25) is 4.79 Å². The third-order valence-electron chi connectivity index (χ3n) is 7.47. The number of carbonyl (C=O) groups excluding carboxylic acids is 1. The van der Waals surface area contributed by atoms with Crippen LogP contribution in [0.3, 0.4) is 0 Å². The predicted molar refractivity (Wildman–Crippen MR) is 157 cm³/mol. The first-order valence-corrected chi connectivity index (χ1v) is 14.9. The first-order valence-electron chi connectivity index (χ1n) is 14.9. The monoisotopic (exact) mass is 504 g/mol. The molecule has 3 rings (SSSR count). The minimum atomic E-state index is -0.0728. The third-order valence-corrected chi connectivity index (χ3v) is 7.47. The molecule has 37 heavy (non-hydrogen) atoms. The molecule has 3 heteroatoms. The topological polar surface area (TPSA) is 35.5 Å². The molecule has 0 aromatic heterocycles. The van der Waals surface area contributed by atoms with Crippen molar-refractivity contribution in [1.82, 2.24) is 0 Å². The molecule has 0 aliphatic rings. The lowest BCUT2D eigenvalue weighted by atomic mass is 10.0. The van der Waals surface area contributed by atoms with Crippen LogP contribution in [0.2, 0.25) is 0 Å². The van der Waals surface area contributed by atoms with Crippen molar-refractivity contribution in [3.8, 4) is 5.75 Å². The van der Waals surface area contributed by atoms with Gasteiger partial charge in [0.1, 0.15) is 5.75 Å². The van der Waals surface area contributed by atoms with E-state index in [-0.39, 0.29) is 5.97 Å². The van der Waals surface area contributed by atoms with E-state index in [1.54, 1.807) is 0 Å². The number of unbranched alkanes of at least 4 members (excludes halogenated alkanes) is 15. The Balaban J connectivity index is 1.11. The minimum Gasteiger partial charge on any atom is -0.493 e. The number of hydrogen-bond acceptors (Lipinski definition) is 3. The van der Waals surface area contributed by atoms with Gasteiger partial charge in [0.2, 0.25) is 0 Å². The van der Waals surface area contributed by atoms with Gasteiger partial charge in [-0.05, 0) is 47.2 Å². The van der Waals surface area contributed by atoms with Gasteiger partial charge in [0.05, 0.1) is 13.7 Å². The molecule has 202 valence electrons. The lowest BCUT2D eigenvalue weighted by Gasteiger charge is -2.10. The van der Waals surface area contributed by atoms with E-state index >= 15 is 0 Å². The van der Waals surface area contributed by atoms with Crippen LogP contribution >= 0.6 is 0 Å². The molecule has 0 spiro atoms. The van der Waals surface area contributed by atoms with E-state index in [9.17, 15) is 4.79 Å². The molecule has 0 aliphatic carbocycles. The molecule has 3 aromatic rings. The van der Waals surface area contributed by atoms with E-state index in [0.29, 0.717) is 6.42 Å². The normalized spacial score (nSPS) is 11.3. The second-order valence-corrected chi connectivity index (χ2v) is 10.5. The van der Waals surface area contributed by atoms with Gasteiger partial charge < -0.3 is 9.47 Å². The molecule has 0 unspecified atom stereocenters. The molecule has 0 radical (unpaired) electrons. The number of rotatable bonds is 20. The maximum Gasteiger partial charge on any atom is 0.305 e. The summed E-state index contributed by atoms with van der Waals surface area (Å²) < 4.78 is 10.9. The van der Waals surface area contributed by atoms with Crippen LogP contribution < -0.4 is 4.74 Å². The number of carbonyl (C=O) groups is 1. The highest BCUT2D eigenvalue weighted by Gasteiger charge is 2.04. The van der Waals surface area contributed by atoms with Crippen molar-refractivity contribution < 1.29 is 14.3 Å². The molecule has 0 saturated carbocycles. The summed E-state index contributed by atoms with van der Waals surface area (Å²) >= 11 is 0. The van der Waals surface area contributed by atoms with E-state index in [1.807, 2.05) is 0 Å². The number of esters is 1. The zero-order valence-electron chi connectivity index (χ0n) is 23.1. The van der Waals surface area contributed by atoms with E-state index in [1.165, 1.54) is 112 Å². The van der Waals surface area contributed by atoms with Crippen LogP contribution in [0, 0.1) is 0 Å². The number of fused-ring (bicyclic) bond motifs is 2. The van der Waals surface area contributed by atoms with Gasteiger partial charge >= 0.3 is 5.97 Å². The molecule has 3 aromatic carbocycles. The molecule has 0 heterocycles. The minimum absolute atomic E-state index is 0.0728. The average molecular weight is 505 g/mol. The van der Waals surface area contributed by atoms with Crippen molar-refractivity contribution in [2.75, 3.05) is 13.7 Å². The van der Waals surface area contributed by atoms with Gasteiger partial charge in [0.25, 0.3) is 0 Å². The Kier molecular flexibility index (Phi) is 14.0. The predicted octanol–water partition coefficient (Wildman–Crippen LogP) is 10.2. The second-order valence-electron chi connectivity index (χ2n) is 10.5. The van der Waals surface area contributed by atoms with Crippen LogP contribution in [0.4, 0.5) is 0 Å². The summed E-state index contributed by atoms with van der Waals surface area (Å²) in [5, 5.41) is 5.02. The summed E-state index contributed by atoms with van der Waals surface area (Å²) in [5.74, 6) is 0.940. The fourth-order valence-electron chi connectivity index (χ4n) is 5.19. The van der Waals surface area contributed by atoms with Crippen LogP contribution in [0.1, 0.15) is 109 Å². The Morgan fingerprint density at radius 3 is 1.62 bits per heavy atom. The molecule has 0 amide bonds. The van der Waals surface area contributed by atoms with Gasteiger partial charge in [0.15, 0.2) is 0 Å². The molecule has 0 fully saturated rings. The van der Waals surface area contributed by atoms with Crippen LogP contribution in [-0.2, 0) is 9.53 Å².